The molecule has 9 nitrogen and oxygen atoms in total. The van der Waals surface area contributed by atoms with E-state index in [2.05, 4.69) is 20.0 Å². The summed E-state index contributed by atoms with van der Waals surface area (Å²) in [6.07, 6.45) is -5.95. The molecule has 1 saturated heterocycles. The van der Waals surface area contributed by atoms with E-state index in [1.54, 1.807) is 4.90 Å². The van der Waals surface area contributed by atoms with E-state index in [9.17, 15) is 21.6 Å². The maximum Gasteiger partial charge on any atom is 0.416 e. The first kappa shape index (κ1) is 23.9. The van der Waals surface area contributed by atoms with Crippen LogP contribution in [0.4, 0.5) is 13.2 Å². The lowest BCUT2D eigenvalue weighted by Crippen LogP contribution is -2.55. The number of alkyl halides is 3. The van der Waals surface area contributed by atoms with Gasteiger partial charge in [0, 0.05) is 39.3 Å². The Morgan fingerprint density at radius 1 is 1.41 bits per heavy atom. The van der Waals surface area contributed by atoms with Gasteiger partial charge in [-0.3, -0.25) is 4.99 Å². The summed E-state index contributed by atoms with van der Waals surface area (Å²) in [7, 11) is -2.17. The third kappa shape index (κ3) is 6.76. The van der Waals surface area contributed by atoms with Gasteiger partial charge in [-0.1, -0.05) is 5.16 Å². The van der Waals surface area contributed by atoms with Crippen molar-refractivity contribution in [2.45, 2.75) is 18.0 Å². The van der Waals surface area contributed by atoms with Crippen LogP contribution in [-0.4, -0.2) is 85.9 Å². The number of nitrogens with zero attached hydrogens (tertiary/aromatic N) is 4. The van der Waals surface area contributed by atoms with Crippen molar-refractivity contribution in [1.29, 1.82) is 0 Å². The summed E-state index contributed by atoms with van der Waals surface area (Å²) in [6.45, 7) is 0.0753. The lowest BCUT2D eigenvalue weighted by atomic mass is 10.3. The van der Waals surface area contributed by atoms with Crippen molar-refractivity contribution < 1.29 is 31.2 Å². The van der Waals surface area contributed by atoms with Crippen LogP contribution < -0.4 is 5.32 Å². The topological polar surface area (TPSA) is 111 Å². The Hall–Kier alpha value is -1.13. The third-order valence-corrected chi connectivity index (χ3v) is 5.61. The molecule has 1 atom stereocenters. The number of aliphatic imine (C=N–C) groups is 1. The van der Waals surface area contributed by atoms with Crippen LogP contribution in [0.1, 0.15) is 5.69 Å². The van der Waals surface area contributed by atoms with Gasteiger partial charge in [-0.05, 0) is 0 Å². The number of nitrogens with one attached hydrogen (secondary N) is 1. The molecule has 1 aromatic rings. The molecule has 2 rings (SSSR count). The van der Waals surface area contributed by atoms with E-state index in [1.807, 2.05) is 0 Å². The molecule has 0 aliphatic carbocycles. The van der Waals surface area contributed by atoms with Crippen molar-refractivity contribution in [2.24, 2.45) is 4.99 Å². The zero-order valence-corrected chi connectivity index (χ0v) is 17.5. The predicted molar refractivity (Wildman–Crippen MR) is 101 cm³/mol. The van der Waals surface area contributed by atoms with E-state index in [4.69, 9.17) is 5.11 Å². The molecule has 2 N–H and O–H groups in total. The first-order valence-electron chi connectivity index (χ1n) is 7.71. The van der Waals surface area contributed by atoms with Crippen LogP contribution in [0.25, 0.3) is 0 Å². The summed E-state index contributed by atoms with van der Waals surface area (Å²) in [5.41, 5.74) is 0.297. The molecule has 1 unspecified atom stereocenters. The van der Waals surface area contributed by atoms with Gasteiger partial charge in [-0.2, -0.15) is 17.5 Å². The summed E-state index contributed by atoms with van der Waals surface area (Å²) in [5.74, 6) is -0.115. The SMILES string of the molecule is CN=C(NCC(O)C(F)(F)F)N1CCN(S(=O)(=O)Cc2ccon2)CC1.I. The molecule has 27 heavy (non-hydrogen) atoms. The first-order chi connectivity index (χ1) is 12.1. The van der Waals surface area contributed by atoms with Gasteiger partial charge < -0.3 is 19.8 Å². The zero-order chi connectivity index (χ0) is 19.4. The van der Waals surface area contributed by atoms with Crippen molar-refractivity contribution >= 4 is 40.0 Å². The van der Waals surface area contributed by atoms with Gasteiger partial charge in [0.1, 0.15) is 12.0 Å². The van der Waals surface area contributed by atoms with Crippen molar-refractivity contribution in [2.75, 3.05) is 39.8 Å². The van der Waals surface area contributed by atoms with Crippen molar-refractivity contribution in [3.63, 3.8) is 0 Å². The fourth-order valence-corrected chi connectivity index (χ4v) is 3.83. The average molecular weight is 527 g/mol. The second kappa shape index (κ2) is 9.88. The highest BCUT2D eigenvalue weighted by Gasteiger charge is 2.38. The van der Waals surface area contributed by atoms with E-state index in [1.165, 1.54) is 23.7 Å². The minimum atomic E-state index is -4.72. The van der Waals surface area contributed by atoms with Crippen molar-refractivity contribution in [1.82, 2.24) is 19.7 Å². The summed E-state index contributed by atoms with van der Waals surface area (Å²) >= 11 is 0. The fourth-order valence-electron chi connectivity index (χ4n) is 2.40. The molecular formula is C13H21F3IN5O4S. The maximum atomic E-state index is 12.4. The maximum absolute atomic E-state index is 12.4. The third-order valence-electron chi connectivity index (χ3n) is 3.80. The van der Waals surface area contributed by atoms with E-state index < -0.39 is 28.8 Å². The van der Waals surface area contributed by atoms with E-state index >= 15 is 0 Å². The molecule has 1 aromatic heterocycles. The lowest BCUT2D eigenvalue weighted by Gasteiger charge is -2.36. The minimum absolute atomic E-state index is 0. The standard InChI is InChI=1S/C13H20F3N5O4S.HI/c1-17-12(18-8-11(22)13(14,15)16)20-3-5-21(6-4-20)26(23,24)9-10-2-7-25-19-10;/h2,7,11,22H,3-6,8-9H2,1H3,(H,17,18);1H. The molecule has 0 spiro atoms. The summed E-state index contributed by atoms with van der Waals surface area (Å²) in [4.78, 5) is 5.51. The summed E-state index contributed by atoms with van der Waals surface area (Å²) < 4.78 is 67.7. The zero-order valence-electron chi connectivity index (χ0n) is 14.4. The van der Waals surface area contributed by atoms with Crippen molar-refractivity contribution in [3.05, 3.63) is 18.0 Å². The number of hydrogen-bond acceptors (Lipinski definition) is 6. The van der Waals surface area contributed by atoms with E-state index in [-0.39, 0.29) is 61.9 Å². The predicted octanol–water partition coefficient (Wildman–Crippen LogP) is 0.239. The molecule has 0 saturated carbocycles. The number of piperazine rings is 1. The number of aliphatic hydroxyl groups excluding tert-OH is 1. The monoisotopic (exact) mass is 527 g/mol. The van der Waals surface area contributed by atoms with Gasteiger partial charge in [0.05, 0.1) is 12.2 Å². The number of rotatable bonds is 5. The molecule has 0 aromatic carbocycles. The Morgan fingerprint density at radius 2 is 2.04 bits per heavy atom. The molecule has 0 amide bonds. The fraction of sp³-hybridized carbons (Fsp3) is 0.692. The Labute approximate surface area is 171 Å². The molecule has 1 aliphatic rings. The largest absolute Gasteiger partial charge is 0.416 e. The van der Waals surface area contributed by atoms with Crippen LogP contribution in [0.3, 0.4) is 0 Å². The van der Waals surface area contributed by atoms with E-state index in [0.29, 0.717) is 5.69 Å². The number of halogens is 4. The normalized spacial score (nSPS) is 18.1. The minimum Gasteiger partial charge on any atom is -0.382 e. The average Bonchev–Trinajstić information content (AvgIpc) is 3.07. The Balaban J connectivity index is 0.00000364. The number of guanidine groups is 1. The van der Waals surface area contributed by atoms with E-state index in [0.717, 1.165) is 0 Å². The van der Waals surface area contributed by atoms with Crippen LogP contribution in [0.2, 0.25) is 0 Å². The molecule has 2 heterocycles. The second-order valence-electron chi connectivity index (χ2n) is 5.62. The molecule has 0 radical (unpaired) electrons. The molecule has 14 heteroatoms. The molecule has 1 fully saturated rings. The quantitative estimate of drug-likeness (QED) is 0.321. The van der Waals surface area contributed by atoms with Gasteiger partial charge in [-0.25, -0.2) is 8.42 Å². The number of aliphatic hydroxyl groups is 1. The highest BCUT2D eigenvalue weighted by atomic mass is 127. The van der Waals surface area contributed by atoms with Crippen LogP contribution >= 0.6 is 24.0 Å². The number of hydrogen-bond donors (Lipinski definition) is 2. The lowest BCUT2D eigenvalue weighted by molar-refractivity contribution is -0.201. The summed E-state index contributed by atoms with van der Waals surface area (Å²) in [5, 5.41) is 15.1. The highest BCUT2D eigenvalue weighted by molar-refractivity contribution is 14.0. The van der Waals surface area contributed by atoms with Gasteiger partial charge in [0.2, 0.25) is 10.0 Å². The number of aromatic nitrogens is 1. The van der Waals surface area contributed by atoms with Gasteiger partial charge >= 0.3 is 6.18 Å². The smallest absolute Gasteiger partial charge is 0.382 e. The molecular weight excluding hydrogens is 506 g/mol. The van der Waals surface area contributed by atoms with Gasteiger partial charge in [0.25, 0.3) is 0 Å². The molecule has 1 aliphatic heterocycles. The number of sulfonamides is 1. The Bertz CT molecular complexity index is 706. The first-order valence-corrected chi connectivity index (χ1v) is 9.32. The van der Waals surface area contributed by atoms with Gasteiger partial charge in [-0.15, -0.1) is 24.0 Å². The highest BCUT2D eigenvalue weighted by Crippen LogP contribution is 2.19. The van der Waals surface area contributed by atoms with Crippen LogP contribution in [-0.2, 0) is 15.8 Å². The van der Waals surface area contributed by atoms with Crippen LogP contribution in [0.5, 0.6) is 0 Å². The van der Waals surface area contributed by atoms with Crippen LogP contribution in [0.15, 0.2) is 21.8 Å². The Kier molecular flexibility index (Phi) is 8.75. The molecule has 156 valence electrons. The summed E-state index contributed by atoms with van der Waals surface area (Å²) in [6, 6.07) is 1.46. The Morgan fingerprint density at radius 3 is 2.52 bits per heavy atom. The second-order valence-corrected chi connectivity index (χ2v) is 7.59. The van der Waals surface area contributed by atoms with Gasteiger partial charge in [0.15, 0.2) is 12.1 Å². The van der Waals surface area contributed by atoms with Crippen molar-refractivity contribution in [3.8, 4) is 0 Å². The molecule has 0 bridgehead atoms. The van der Waals surface area contributed by atoms with Crippen LogP contribution in [0, 0.1) is 0 Å².